The summed E-state index contributed by atoms with van der Waals surface area (Å²) in [5.41, 5.74) is 0. The lowest BCUT2D eigenvalue weighted by molar-refractivity contribution is -0.161. The Morgan fingerprint density at radius 3 is 1.45 bits per heavy atom. The van der Waals surface area contributed by atoms with Crippen LogP contribution in [0.25, 0.3) is 0 Å². The Balaban J connectivity index is 4.15. The van der Waals surface area contributed by atoms with Gasteiger partial charge in [0.2, 0.25) is 0 Å². The highest BCUT2D eigenvalue weighted by Gasteiger charge is 2.24. The monoisotopic (exact) mass is 761 g/mol. The van der Waals surface area contributed by atoms with E-state index in [1.165, 1.54) is 25.7 Å². The first-order chi connectivity index (χ1) is 25.8. The molecule has 0 saturated carbocycles. The lowest BCUT2D eigenvalue weighted by Crippen LogP contribution is -2.29. The van der Waals surface area contributed by atoms with Crippen LogP contribution in [0, 0.1) is 0 Å². The van der Waals surface area contributed by atoms with Crippen LogP contribution in [-0.4, -0.2) is 43.3 Å². The van der Waals surface area contributed by atoms with Gasteiger partial charge >= 0.3 is 19.8 Å². The van der Waals surface area contributed by atoms with Gasteiger partial charge in [0.05, 0.1) is 6.61 Å². The molecule has 2 atom stereocenters. The SMILES string of the molecule is CC/C=C\C/C=C\C/C=C\C/C=C\C/C=C\CCCCCC(=O)OC(COC(=O)CCCCCCC/C=C\C/C=C\CCCCC)COP(=O)(O)OC. The van der Waals surface area contributed by atoms with E-state index in [-0.39, 0.29) is 19.4 Å². The predicted molar refractivity (Wildman–Crippen MR) is 221 cm³/mol. The first-order valence-corrected chi connectivity index (χ1v) is 21.8. The van der Waals surface area contributed by atoms with Crippen molar-refractivity contribution in [3.8, 4) is 0 Å². The molecule has 0 spiro atoms. The van der Waals surface area contributed by atoms with Crippen LogP contribution >= 0.6 is 7.82 Å². The van der Waals surface area contributed by atoms with E-state index >= 15 is 0 Å². The second-order valence-electron chi connectivity index (χ2n) is 13.0. The number of carbonyl (C=O) groups excluding carboxylic acids is 2. The number of ether oxygens (including phenoxy) is 2. The number of hydrogen-bond donors (Lipinski definition) is 1. The molecular formula is C44H73O8P. The number of hydrogen-bond acceptors (Lipinski definition) is 7. The zero-order valence-corrected chi connectivity index (χ0v) is 34.3. The van der Waals surface area contributed by atoms with Gasteiger partial charge in [0.15, 0.2) is 6.10 Å². The number of carbonyl (C=O) groups is 2. The molecule has 53 heavy (non-hydrogen) atoms. The summed E-state index contributed by atoms with van der Waals surface area (Å²) in [7, 11) is -3.23. The fraction of sp³-hybridized carbons (Fsp3) is 0.636. The average molecular weight is 761 g/mol. The third kappa shape index (κ3) is 38.8. The quantitative estimate of drug-likeness (QED) is 0.0291. The third-order valence-electron chi connectivity index (χ3n) is 8.12. The molecule has 0 aliphatic carbocycles. The van der Waals surface area contributed by atoms with Crippen LogP contribution in [-0.2, 0) is 32.7 Å². The van der Waals surface area contributed by atoms with Gasteiger partial charge in [-0.3, -0.25) is 18.6 Å². The Morgan fingerprint density at radius 1 is 0.547 bits per heavy atom. The molecule has 0 radical (unpaired) electrons. The molecule has 0 amide bonds. The van der Waals surface area contributed by atoms with Crippen molar-refractivity contribution in [2.75, 3.05) is 20.3 Å². The summed E-state index contributed by atoms with van der Waals surface area (Å²) in [5, 5.41) is 0. The van der Waals surface area contributed by atoms with Gasteiger partial charge < -0.3 is 14.4 Å². The van der Waals surface area contributed by atoms with Gasteiger partial charge in [0.1, 0.15) is 6.61 Å². The summed E-state index contributed by atoms with van der Waals surface area (Å²) in [6.07, 6.45) is 50.6. The van der Waals surface area contributed by atoms with Crippen molar-refractivity contribution in [3.05, 3.63) is 85.1 Å². The summed E-state index contributed by atoms with van der Waals surface area (Å²) in [6, 6.07) is 0. The first kappa shape index (κ1) is 50.2. The molecule has 302 valence electrons. The standard InChI is InChI=1S/C44H73O8P/c1-4-6-8-10-12-14-16-18-20-21-22-23-25-27-29-31-33-35-37-39-44(46)52-42(41-51-53(47,48)49-3)40-50-43(45)38-36-34-32-30-28-26-24-19-17-15-13-11-9-7-5-2/h6,8,12-15,18-20,22-24,27,29,42H,4-5,7,9-11,16-17,21,25-26,28,30-41H2,1-3H3,(H,47,48)/b8-6-,14-12-,15-13-,20-18-,23-22-,24-19-,29-27-. The van der Waals surface area contributed by atoms with Crippen LogP contribution in [0.1, 0.15) is 155 Å². The van der Waals surface area contributed by atoms with Crippen LogP contribution in [0.3, 0.4) is 0 Å². The highest BCUT2D eigenvalue weighted by atomic mass is 31.2. The normalized spacial score (nSPS) is 14.3. The van der Waals surface area contributed by atoms with Gasteiger partial charge in [-0.25, -0.2) is 4.57 Å². The fourth-order valence-electron chi connectivity index (χ4n) is 5.01. The molecule has 0 aromatic heterocycles. The van der Waals surface area contributed by atoms with E-state index in [1.807, 2.05) is 0 Å². The minimum atomic E-state index is -4.28. The molecule has 2 unspecified atom stereocenters. The van der Waals surface area contributed by atoms with E-state index in [4.69, 9.17) is 14.0 Å². The van der Waals surface area contributed by atoms with Gasteiger partial charge in [-0.05, 0) is 89.9 Å². The number of rotatable bonds is 36. The fourth-order valence-corrected chi connectivity index (χ4v) is 5.47. The molecule has 0 bridgehead atoms. The van der Waals surface area contributed by atoms with Crippen molar-refractivity contribution in [1.29, 1.82) is 0 Å². The molecule has 1 N–H and O–H groups in total. The Kier molecular flexibility index (Phi) is 36.9. The second-order valence-corrected chi connectivity index (χ2v) is 14.6. The third-order valence-corrected chi connectivity index (χ3v) is 9.06. The van der Waals surface area contributed by atoms with Crippen molar-refractivity contribution in [2.24, 2.45) is 0 Å². The van der Waals surface area contributed by atoms with Crippen LogP contribution in [0.4, 0.5) is 0 Å². The highest BCUT2D eigenvalue weighted by Crippen LogP contribution is 2.42. The summed E-state index contributed by atoms with van der Waals surface area (Å²) in [6.45, 7) is 3.69. The molecule has 0 aromatic carbocycles. The largest absolute Gasteiger partial charge is 0.472 e. The lowest BCUT2D eigenvalue weighted by Gasteiger charge is -2.19. The highest BCUT2D eigenvalue weighted by molar-refractivity contribution is 7.47. The summed E-state index contributed by atoms with van der Waals surface area (Å²) in [4.78, 5) is 34.4. The van der Waals surface area contributed by atoms with Crippen LogP contribution < -0.4 is 0 Å². The van der Waals surface area contributed by atoms with E-state index in [2.05, 4.69) is 103 Å². The van der Waals surface area contributed by atoms with Gasteiger partial charge in [-0.1, -0.05) is 137 Å². The van der Waals surface area contributed by atoms with Crippen LogP contribution in [0.15, 0.2) is 85.1 Å². The van der Waals surface area contributed by atoms with Crippen molar-refractivity contribution in [2.45, 2.75) is 161 Å². The minimum absolute atomic E-state index is 0.198. The number of allylic oxidation sites excluding steroid dienone is 14. The Hall–Kier alpha value is -2.77. The van der Waals surface area contributed by atoms with Gasteiger partial charge in [-0.2, -0.15) is 0 Å². The summed E-state index contributed by atoms with van der Waals surface area (Å²) < 4.78 is 31.9. The lowest BCUT2D eigenvalue weighted by atomic mass is 10.1. The maximum Gasteiger partial charge on any atom is 0.472 e. The molecular weight excluding hydrogens is 687 g/mol. The number of phosphoric ester groups is 1. The smallest absolute Gasteiger partial charge is 0.462 e. The van der Waals surface area contributed by atoms with E-state index in [0.717, 1.165) is 97.0 Å². The molecule has 0 aromatic rings. The predicted octanol–water partition coefficient (Wildman–Crippen LogP) is 12.7. The topological polar surface area (TPSA) is 108 Å². The van der Waals surface area contributed by atoms with Crippen molar-refractivity contribution in [3.63, 3.8) is 0 Å². The zero-order valence-electron chi connectivity index (χ0n) is 33.4. The number of unbranched alkanes of at least 4 members (excludes halogenated alkanes) is 11. The van der Waals surface area contributed by atoms with Crippen molar-refractivity contribution >= 4 is 19.8 Å². The van der Waals surface area contributed by atoms with E-state index in [0.29, 0.717) is 12.8 Å². The number of phosphoric acid groups is 1. The Labute approximate surface area is 323 Å². The van der Waals surface area contributed by atoms with Crippen molar-refractivity contribution < 1.29 is 37.6 Å². The van der Waals surface area contributed by atoms with Gasteiger partial charge in [0, 0.05) is 20.0 Å². The minimum Gasteiger partial charge on any atom is -0.462 e. The summed E-state index contributed by atoms with van der Waals surface area (Å²) >= 11 is 0. The molecule has 0 fully saturated rings. The molecule has 9 heteroatoms. The Morgan fingerprint density at radius 2 is 0.962 bits per heavy atom. The maximum atomic E-state index is 12.5. The molecule has 0 saturated heterocycles. The molecule has 0 aliphatic heterocycles. The van der Waals surface area contributed by atoms with E-state index in [9.17, 15) is 19.0 Å². The first-order valence-electron chi connectivity index (χ1n) is 20.3. The van der Waals surface area contributed by atoms with Gasteiger partial charge in [-0.15, -0.1) is 0 Å². The van der Waals surface area contributed by atoms with Crippen molar-refractivity contribution in [1.82, 2.24) is 0 Å². The maximum absolute atomic E-state index is 12.5. The molecule has 0 aliphatic rings. The van der Waals surface area contributed by atoms with E-state index < -0.39 is 32.5 Å². The van der Waals surface area contributed by atoms with E-state index in [1.54, 1.807) is 0 Å². The second kappa shape index (κ2) is 38.9. The van der Waals surface area contributed by atoms with Crippen LogP contribution in [0.5, 0.6) is 0 Å². The van der Waals surface area contributed by atoms with Gasteiger partial charge in [0.25, 0.3) is 0 Å². The summed E-state index contributed by atoms with van der Waals surface area (Å²) in [5.74, 6) is -0.867. The molecule has 0 rings (SSSR count). The molecule has 0 heterocycles. The Bertz CT molecular complexity index is 1130. The molecule has 8 nitrogen and oxygen atoms in total. The zero-order chi connectivity index (χ0) is 38.9. The average Bonchev–Trinajstić information content (AvgIpc) is 3.15. The van der Waals surface area contributed by atoms with Crippen LogP contribution in [0.2, 0.25) is 0 Å². The number of esters is 2.